The molecule has 2 heterocycles. The quantitative estimate of drug-likeness (QED) is 0.374. The van der Waals surface area contributed by atoms with Gasteiger partial charge in [-0.05, 0) is 36.3 Å². The summed E-state index contributed by atoms with van der Waals surface area (Å²) in [7, 11) is -4.24. The molecule has 3 aromatic carbocycles. The standard InChI is InChI=1S/C29H24N2O5S2/c1-2-36-29(33)24-23(20-14-8-4-9-15-20)25(38(34,35)21-16-10-5-11-17-21)26(30)31-27(32)22(37-28(24)31)18-19-12-6-3-7-13-19/h3-18,23H,2,30H2,1H3. The monoisotopic (exact) mass is 544 g/mol. The van der Waals surface area contributed by atoms with Crippen LogP contribution in [0.4, 0.5) is 0 Å². The van der Waals surface area contributed by atoms with E-state index in [-0.39, 0.29) is 32.5 Å². The fraction of sp³-hybridized carbons (Fsp3) is 0.103. The molecule has 4 aromatic rings. The third-order valence-corrected chi connectivity index (χ3v) is 9.19. The summed E-state index contributed by atoms with van der Waals surface area (Å²) in [6.07, 6.45) is 1.69. The molecule has 0 saturated heterocycles. The maximum Gasteiger partial charge on any atom is 0.338 e. The van der Waals surface area contributed by atoms with Gasteiger partial charge in [0.2, 0.25) is 9.84 Å². The van der Waals surface area contributed by atoms with Crippen LogP contribution < -0.4 is 20.5 Å². The second-order valence-corrected chi connectivity index (χ2v) is 11.5. The third kappa shape index (κ3) is 4.40. The average Bonchev–Trinajstić information content (AvgIpc) is 3.25. The third-order valence-electron chi connectivity index (χ3n) is 6.17. The summed E-state index contributed by atoms with van der Waals surface area (Å²) in [5, 5.41) is 0. The zero-order valence-electron chi connectivity index (χ0n) is 20.4. The second kappa shape index (κ2) is 10.3. The minimum atomic E-state index is -4.24. The van der Waals surface area contributed by atoms with Crippen LogP contribution in [0.2, 0.25) is 0 Å². The van der Waals surface area contributed by atoms with Gasteiger partial charge in [0, 0.05) is 0 Å². The zero-order chi connectivity index (χ0) is 26.9. The predicted octanol–water partition coefficient (Wildman–Crippen LogP) is 2.81. The molecule has 2 N–H and O–H groups in total. The normalized spacial score (nSPS) is 15.9. The van der Waals surface area contributed by atoms with Crippen molar-refractivity contribution in [3.63, 3.8) is 0 Å². The molecule has 1 unspecified atom stereocenters. The van der Waals surface area contributed by atoms with Crippen molar-refractivity contribution in [2.45, 2.75) is 17.7 Å². The largest absolute Gasteiger partial charge is 0.463 e. The van der Waals surface area contributed by atoms with E-state index in [4.69, 9.17) is 10.5 Å². The summed E-state index contributed by atoms with van der Waals surface area (Å²) in [5.41, 5.74) is 7.43. The molecule has 0 fully saturated rings. The summed E-state index contributed by atoms with van der Waals surface area (Å²) in [4.78, 5) is 26.9. The van der Waals surface area contributed by atoms with Gasteiger partial charge in [0.15, 0.2) is 0 Å². The molecule has 1 atom stereocenters. The number of allylic oxidation sites excluding steroid dienone is 1. The Morgan fingerprint density at radius 2 is 1.55 bits per heavy atom. The lowest BCUT2D eigenvalue weighted by atomic mass is 9.89. The van der Waals surface area contributed by atoms with Gasteiger partial charge in [-0.2, -0.15) is 0 Å². The van der Waals surface area contributed by atoms with Crippen molar-refractivity contribution in [1.29, 1.82) is 0 Å². The van der Waals surface area contributed by atoms with Crippen molar-refractivity contribution in [3.05, 3.63) is 127 Å². The lowest BCUT2D eigenvalue weighted by molar-refractivity contribution is -0.136. The van der Waals surface area contributed by atoms with E-state index in [1.165, 1.54) is 12.1 Å². The molecule has 1 aliphatic rings. The molecule has 5 rings (SSSR count). The molecular weight excluding hydrogens is 520 g/mol. The molecule has 7 nitrogen and oxygen atoms in total. The van der Waals surface area contributed by atoms with Crippen molar-refractivity contribution in [2.75, 3.05) is 6.61 Å². The van der Waals surface area contributed by atoms with Gasteiger partial charge in [0.1, 0.15) is 15.4 Å². The lowest BCUT2D eigenvalue weighted by Gasteiger charge is -2.28. The first kappa shape index (κ1) is 25.4. The Morgan fingerprint density at radius 1 is 0.974 bits per heavy atom. The van der Waals surface area contributed by atoms with Gasteiger partial charge in [-0.1, -0.05) is 78.9 Å². The second-order valence-electron chi connectivity index (χ2n) is 8.51. The zero-order valence-corrected chi connectivity index (χ0v) is 22.0. The topological polar surface area (TPSA) is 108 Å². The molecule has 38 heavy (non-hydrogen) atoms. The molecule has 9 heteroatoms. The van der Waals surface area contributed by atoms with Gasteiger partial charge in [0.05, 0.1) is 27.5 Å². The van der Waals surface area contributed by atoms with E-state index in [9.17, 15) is 18.0 Å². The molecular formula is C29H24N2O5S2. The minimum Gasteiger partial charge on any atom is -0.463 e. The molecule has 0 radical (unpaired) electrons. The highest BCUT2D eigenvalue weighted by molar-refractivity contribution is 7.95. The number of fused-ring (bicyclic) bond motifs is 1. The summed E-state index contributed by atoms with van der Waals surface area (Å²) >= 11 is 1.08. The lowest BCUT2D eigenvalue weighted by Crippen LogP contribution is -2.41. The Hall–Kier alpha value is -4.21. The number of nitrogens with zero attached hydrogens (tertiary/aromatic N) is 1. The van der Waals surface area contributed by atoms with Crippen LogP contribution in [0.1, 0.15) is 24.0 Å². The number of benzene rings is 3. The van der Waals surface area contributed by atoms with Gasteiger partial charge in [-0.3, -0.25) is 9.36 Å². The summed E-state index contributed by atoms with van der Waals surface area (Å²) in [5.74, 6) is -2.03. The van der Waals surface area contributed by atoms with Crippen LogP contribution in [0.15, 0.2) is 106 Å². The van der Waals surface area contributed by atoms with E-state index in [0.717, 1.165) is 21.5 Å². The van der Waals surface area contributed by atoms with Crippen LogP contribution >= 0.6 is 11.3 Å². The molecule has 0 aliphatic carbocycles. The maximum absolute atomic E-state index is 14.1. The van der Waals surface area contributed by atoms with E-state index in [1.807, 2.05) is 30.3 Å². The number of hydrogen-bond acceptors (Lipinski definition) is 7. The van der Waals surface area contributed by atoms with Crippen LogP contribution in [-0.2, 0) is 19.4 Å². The number of thiazole rings is 1. The van der Waals surface area contributed by atoms with Crippen molar-refractivity contribution in [1.82, 2.24) is 4.57 Å². The van der Waals surface area contributed by atoms with Gasteiger partial charge < -0.3 is 10.5 Å². The number of esters is 1. The Kier molecular flexibility index (Phi) is 6.88. The summed E-state index contributed by atoms with van der Waals surface area (Å²) in [6.45, 7) is 1.74. The van der Waals surface area contributed by atoms with E-state index >= 15 is 0 Å². The van der Waals surface area contributed by atoms with Gasteiger partial charge in [-0.15, -0.1) is 11.3 Å². The highest BCUT2D eigenvalue weighted by Crippen LogP contribution is 2.42. The maximum atomic E-state index is 14.1. The number of aromatic nitrogens is 1. The molecule has 0 amide bonds. The average molecular weight is 545 g/mol. The van der Waals surface area contributed by atoms with Crippen molar-refractivity contribution in [2.24, 2.45) is 5.73 Å². The van der Waals surface area contributed by atoms with Crippen LogP contribution in [0.25, 0.3) is 17.5 Å². The fourth-order valence-corrected chi connectivity index (χ4v) is 7.36. The first-order chi connectivity index (χ1) is 18.3. The van der Waals surface area contributed by atoms with E-state index in [2.05, 4.69) is 0 Å². The van der Waals surface area contributed by atoms with Crippen LogP contribution in [0, 0.1) is 0 Å². The highest BCUT2D eigenvalue weighted by Gasteiger charge is 2.42. The molecule has 1 aromatic heterocycles. The number of nitrogens with two attached hydrogens (primary N) is 1. The van der Waals surface area contributed by atoms with Crippen molar-refractivity contribution >= 4 is 44.6 Å². The van der Waals surface area contributed by atoms with Crippen molar-refractivity contribution < 1.29 is 17.9 Å². The Labute approximate surface area is 223 Å². The van der Waals surface area contributed by atoms with Crippen LogP contribution in [0.5, 0.6) is 0 Å². The number of carbonyl (C=O) groups excluding carboxylic acids is 1. The van der Waals surface area contributed by atoms with Crippen LogP contribution in [0.3, 0.4) is 0 Å². The number of ether oxygens (including phenoxy) is 1. The Balaban J connectivity index is 1.93. The molecule has 0 bridgehead atoms. The van der Waals surface area contributed by atoms with E-state index < -0.39 is 27.3 Å². The summed E-state index contributed by atoms with van der Waals surface area (Å²) < 4.78 is 35.3. The molecule has 1 aliphatic heterocycles. The number of sulfone groups is 1. The van der Waals surface area contributed by atoms with E-state index in [0.29, 0.717) is 10.1 Å². The van der Waals surface area contributed by atoms with E-state index in [1.54, 1.807) is 61.5 Å². The summed E-state index contributed by atoms with van der Waals surface area (Å²) in [6, 6.07) is 25.8. The van der Waals surface area contributed by atoms with Crippen molar-refractivity contribution in [3.8, 4) is 0 Å². The fourth-order valence-electron chi connectivity index (χ4n) is 4.49. The SMILES string of the molecule is CCOC(=O)C1=c2sc(=Cc3ccccc3)c(=O)n2C(N)=C(S(=O)(=O)c2ccccc2)C1c1ccccc1. The first-order valence-corrected chi connectivity index (χ1v) is 14.2. The number of carbonyl (C=O) groups is 1. The van der Waals surface area contributed by atoms with Gasteiger partial charge >= 0.3 is 5.97 Å². The van der Waals surface area contributed by atoms with Gasteiger partial charge in [0.25, 0.3) is 5.56 Å². The Bertz CT molecular complexity index is 1820. The molecule has 0 spiro atoms. The first-order valence-electron chi connectivity index (χ1n) is 11.9. The van der Waals surface area contributed by atoms with Gasteiger partial charge in [-0.25, -0.2) is 13.2 Å². The smallest absolute Gasteiger partial charge is 0.338 e. The minimum absolute atomic E-state index is 0.00453. The number of hydrogen-bond donors (Lipinski definition) is 1. The molecule has 192 valence electrons. The number of rotatable bonds is 6. The highest BCUT2D eigenvalue weighted by atomic mass is 32.2. The predicted molar refractivity (Wildman–Crippen MR) is 148 cm³/mol. The Morgan fingerprint density at radius 3 is 2.16 bits per heavy atom. The van der Waals surface area contributed by atoms with Crippen LogP contribution in [-0.4, -0.2) is 25.6 Å². The molecule has 0 saturated carbocycles.